The number of hydrogen-bond donors (Lipinski definition) is 2. The maximum absolute atomic E-state index is 11.3. The average molecular weight is 275 g/mol. The Balaban J connectivity index is 1.65. The Hall–Kier alpha value is -1.46. The van der Waals surface area contributed by atoms with Gasteiger partial charge in [-0.25, -0.2) is 4.98 Å². The van der Waals surface area contributed by atoms with E-state index in [0.29, 0.717) is 6.04 Å². The van der Waals surface area contributed by atoms with Crippen molar-refractivity contribution in [2.75, 3.05) is 6.54 Å². The van der Waals surface area contributed by atoms with Gasteiger partial charge in [0.15, 0.2) is 0 Å². The maximum atomic E-state index is 11.3. The highest BCUT2D eigenvalue weighted by atomic mass is 32.1. The Morgan fingerprint density at radius 2 is 2.42 bits per heavy atom. The van der Waals surface area contributed by atoms with Crippen molar-refractivity contribution in [2.45, 2.75) is 31.7 Å². The molecule has 0 aliphatic heterocycles. The molecule has 19 heavy (non-hydrogen) atoms. The molecular weight excluding hydrogens is 258 g/mol. The fourth-order valence-corrected chi connectivity index (χ4v) is 3.26. The van der Waals surface area contributed by atoms with Crippen molar-refractivity contribution in [3.8, 4) is 0 Å². The number of aromatic amines is 1. The summed E-state index contributed by atoms with van der Waals surface area (Å²) in [5, 5.41) is 6.76. The molecule has 2 heterocycles. The van der Waals surface area contributed by atoms with Gasteiger partial charge in [0, 0.05) is 42.3 Å². The number of thiazole rings is 1. The van der Waals surface area contributed by atoms with Gasteiger partial charge in [-0.3, -0.25) is 4.79 Å². The quantitative estimate of drug-likeness (QED) is 0.897. The minimum Gasteiger partial charge on any atom is -0.326 e. The highest BCUT2D eigenvalue weighted by Gasteiger charge is 2.19. The van der Waals surface area contributed by atoms with Crippen molar-refractivity contribution in [1.29, 1.82) is 0 Å². The number of hydrogen-bond acceptors (Lipinski definition) is 4. The zero-order valence-corrected chi connectivity index (χ0v) is 11.5. The molecule has 0 saturated carbocycles. The predicted molar refractivity (Wildman–Crippen MR) is 76.6 cm³/mol. The molecule has 1 aliphatic carbocycles. The standard InChI is InChI=1S/C14H17N3OS/c18-13-5-4-10-11(2-1-3-12(10)17-13)15-7-6-14-16-8-9-19-14/h4-5,8-9,11,15H,1-3,6-7H2,(H,17,18). The minimum atomic E-state index is 0.00202. The molecule has 1 atom stereocenters. The van der Waals surface area contributed by atoms with E-state index in [0.717, 1.165) is 37.9 Å². The molecule has 3 rings (SSSR count). The second-order valence-corrected chi connectivity index (χ2v) is 5.81. The lowest BCUT2D eigenvalue weighted by Crippen LogP contribution is -2.28. The summed E-state index contributed by atoms with van der Waals surface area (Å²) in [5.41, 5.74) is 2.36. The number of H-pyrrole nitrogens is 1. The molecule has 4 nitrogen and oxygen atoms in total. The van der Waals surface area contributed by atoms with Crippen LogP contribution in [0.5, 0.6) is 0 Å². The van der Waals surface area contributed by atoms with Crippen LogP contribution in [0.2, 0.25) is 0 Å². The van der Waals surface area contributed by atoms with Crippen LogP contribution < -0.4 is 10.9 Å². The molecule has 5 heteroatoms. The molecule has 2 aromatic rings. The van der Waals surface area contributed by atoms with E-state index in [1.807, 2.05) is 17.6 Å². The van der Waals surface area contributed by atoms with Crippen molar-refractivity contribution >= 4 is 11.3 Å². The van der Waals surface area contributed by atoms with Gasteiger partial charge in [0.05, 0.1) is 5.01 Å². The average Bonchev–Trinajstić information content (AvgIpc) is 2.92. The number of fused-ring (bicyclic) bond motifs is 1. The Bertz CT molecular complexity index is 591. The van der Waals surface area contributed by atoms with Crippen LogP contribution in [-0.2, 0) is 12.8 Å². The zero-order valence-electron chi connectivity index (χ0n) is 10.7. The molecule has 2 aromatic heterocycles. The van der Waals surface area contributed by atoms with Gasteiger partial charge in [0.25, 0.3) is 0 Å². The summed E-state index contributed by atoms with van der Waals surface area (Å²) in [6, 6.07) is 3.95. The fourth-order valence-electron chi connectivity index (χ4n) is 2.64. The van der Waals surface area contributed by atoms with E-state index in [2.05, 4.69) is 15.3 Å². The third kappa shape index (κ3) is 2.93. The summed E-state index contributed by atoms with van der Waals surface area (Å²) < 4.78 is 0. The minimum absolute atomic E-state index is 0.00202. The van der Waals surface area contributed by atoms with Gasteiger partial charge in [-0.2, -0.15) is 0 Å². The first-order valence-corrected chi connectivity index (χ1v) is 7.55. The van der Waals surface area contributed by atoms with Crippen LogP contribution >= 0.6 is 11.3 Å². The van der Waals surface area contributed by atoms with E-state index in [-0.39, 0.29) is 5.56 Å². The molecule has 0 saturated heterocycles. The fraction of sp³-hybridized carbons (Fsp3) is 0.429. The second-order valence-electron chi connectivity index (χ2n) is 4.83. The summed E-state index contributed by atoms with van der Waals surface area (Å²) in [7, 11) is 0. The third-order valence-corrected chi connectivity index (χ3v) is 4.38. The van der Waals surface area contributed by atoms with Gasteiger partial charge in [-0.15, -0.1) is 11.3 Å². The van der Waals surface area contributed by atoms with Crippen LogP contribution in [0, 0.1) is 0 Å². The van der Waals surface area contributed by atoms with E-state index in [4.69, 9.17) is 0 Å². The monoisotopic (exact) mass is 275 g/mol. The SMILES string of the molecule is O=c1ccc2c([nH]1)CCCC2NCCc1nccs1. The summed E-state index contributed by atoms with van der Waals surface area (Å²) in [6.45, 7) is 0.927. The van der Waals surface area contributed by atoms with Crippen molar-refractivity contribution < 1.29 is 0 Å². The lowest BCUT2D eigenvalue weighted by atomic mass is 9.91. The highest BCUT2D eigenvalue weighted by molar-refractivity contribution is 7.09. The zero-order chi connectivity index (χ0) is 13.1. The number of aryl methyl sites for hydroxylation is 1. The van der Waals surface area contributed by atoms with Crippen molar-refractivity contribution in [1.82, 2.24) is 15.3 Å². The molecule has 0 spiro atoms. The molecule has 0 aromatic carbocycles. The molecule has 1 aliphatic rings. The van der Waals surface area contributed by atoms with E-state index < -0.39 is 0 Å². The molecular formula is C14H17N3OS. The molecule has 1 unspecified atom stereocenters. The van der Waals surface area contributed by atoms with E-state index >= 15 is 0 Å². The van der Waals surface area contributed by atoms with Crippen molar-refractivity contribution in [3.05, 3.63) is 50.3 Å². The Morgan fingerprint density at radius 3 is 3.26 bits per heavy atom. The van der Waals surface area contributed by atoms with Crippen molar-refractivity contribution in [2.24, 2.45) is 0 Å². The lowest BCUT2D eigenvalue weighted by Gasteiger charge is -2.25. The molecule has 0 fully saturated rings. The van der Waals surface area contributed by atoms with Crippen LogP contribution in [0.4, 0.5) is 0 Å². The van der Waals surface area contributed by atoms with Crippen LogP contribution in [0.25, 0.3) is 0 Å². The molecule has 2 N–H and O–H groups in total. The summed E-state index contributed by atoms with van der Waals surface area (Å²) >= 11 is 1.70. The van der Waals surface area contributed by atoms with Crippen LogP contribution in [0.3, 0.4) is 0 Å². The topological polar surface area (TPSA) is 57.8 Å². The number of aromatic nitrogens is 2. The lowest BCUT2D eigenvalue weighted by molar-refractivity contribution is 0.457. The van der Waals surface area contributed by atoms with Gasteiger partial charge in [-0.05, 0) is 24.8 Å². The van der Waals surface area contributed by atoms with Gasteiger partial charge >= 0.3 is 0 Å². The predicted octanol–water partition coefficient (Wildman–Crippen LogP) is 2.04. The maximum Gasteiger partial charge on any atom is 0.248 e. The summed E-state index contributed by atoms with van der Waals surface area (Å²) in [5.74, 6) is 0. The van der Waals surface area contributed by atoms with E-state index in [9.17, 15) is 4.79 Å². The Labute approximate surface area is 115 Å². The van der Waals surface area contributed by atoms with E-state index in [1.165, 1.54) is 10.6 Å². The largest absolute Gasteiger partial charge is 0.326 e. The molecule has 0 radical (unpaired) electrons. The normalized spacial score (nSPS) is 18.2. The van der Waals surface area contributed by atoms with Gasteiger partial charge in [-0.1, -0.05) is 6.07 Å². The molecule has 0 amide bonds. The van der Waals surface area contributed by atoms with Crippen LogP contribution in [0.1, 0.15) is 35.1 Å². The van der Waals surface area contributed by atoms with E-state index in [1.54, 1.807) is 17.4 Å². The Morgan fingerprint density at radius 1 is 1.47 bits per heavy atom. The van der Waals surface area contributed by atoms with Crippen molar-refractivity contribution in [3.63, 3.8) is 0 Å². The number of pyridine rings is 1. The van der Waals surface area contributed by atoms with Gasteiger partial charge in [0.2, 0.25) is 5.56 Å². The van der Waals surface area contributed by atoms with Crippen LogP contribution in [0.15, 0.2) is 28.5 Å². The molecule has 0 bridgehead atoms. The number of nitrogens with zero attached hydrogens (tertiary/aromatic N) is 1. The third-order valence-electron chi connectivity index (χ3n) is 3.54. The molecule has 100 valence electrons. The number of nitrogens with one attached hydrogen (secondary N) is 2. The smallest absolute Gasteiger partial charge is 0.248 e. The summed E-state index contributed by atoms with van der Waals surface area (Å²) in [4.78, 5) is 18.6. The number of rotatable bonds is 4. The first kappa shape index (κ1) is 12.6. The highest BCUT2D eigenvalue weighted by Crippen LogP contribution is 2.27. The van der Waals surface area contributed by atoms with Gasteiger partial charge < -0.3 is 10.3 Å². The first-order valence-electron chi connectivity index (χ1n) is 6.67. The second kappa shape index (κ2) is 5.67. The summed E-state index contributed by atoms with van der Waals surface area (Å²) in [6.07, 6.45) is 6.06. The first-order chi connectivity index (χ1) is 9.33. The van der Waals surface area contributed by atoms with Crippen LogP contribution in [-0.4, -0.2) is 16.5 Å². The van der Waals surface area contributed by atoms with Gasteiger partial charge in [0.1, 0.15) is 0 Å². The Kier molecular flexibility index (Phi) is 3.75.